The highest BCUT2D eigenvalue weighted by molar-refractivity contribution is 5.95. The maximum atomic E-state index is 13.5. The van der Waals surface area contributed by atoms with Crippen LogP contribution in [0.25, 0.3) is 17.1 Å². The van der Waals surface area contributed by atoms with Crippen molar-refractivity contribution < 1.29 is 14.7 Å². The molecule has 3 aromatic carbocycles. The molecule has 6 rings (SSSR count). The second-order valence-corrected chi connectivity index (χ2v) is 11.3. The number of aryl methyl sites for hydroxylation is 1. The van der Waals surface area contributed by atoms with Gasteiger partial charge in [0.05, 0.1) is 23.3 Å². The molecule has 0 saturated heterocycles. The maximum absolute atomic E-state index is 13.5. The van der Waals surface area contributed by atoms with Gasteiger partial charge in [-0.15, -0.1) is 0 Å². The van der Waals surface area contributed by atoms with Gasteiger partial charge in [0.25, 0.3) is 0 Å². The Balaban J connectivity index is 0.000000271. The Kier molecular flexibility index (Phi) is 9.03. The number of benzene rings is 3. The van der Waals surface area contributed by atoms with Gasteiger partial charge in [0.15, 0.2) is 0 Å². The smallest absolute Gasteiger partial charge is 0.328 e. The van der Waals surface area contributed by atoms with Crippen molar-refractivity contribution in [2.24, 2.45) is 11.7 Å². The molecule has 42 heavy (non-hydrogen) atoms. The van der Waals surface area contributed by atoms with Crippen LogP contribution >= 0.6 is 0 Å². The number of para-hydroxylation sites is 1. The monoisotopic (exact) mass is 565 g/mol. The number of amides is 2. The van der Waals surface area contributed by atoms with E-state index in [0.29, 0.717) is 31.6 Å². The lowest BCUT2D eigenvalue weighted by Crippen LogP contribution is -2.48. The Morgan fingerprint density at radius 3 is 2.50 bits per heavy atom. The van der Waals surface area contributed by atoms with E-state index in [-0.39, 0.29) is 6.03 Å². The Hall–Kier alpha value is -4.43. The zero-order valence-corrected chi connectivity index (χ0v) is 24.3. The number of anilines is 1. The van der Waals surface area contributed by atoms with Gasteiger partial charge in [0, 0.05) is 31.8 Å². The van der Waals surface area contributed by atoms with E-state index in [4.69, 9.17) is 15.8 Å². The summed E-state index contributed by atoms with van der Waals surface area (Å²) in [6.45, 7) is 7.05. The Morgan fingerprint density at radius 1 is 1.07 bits per heavy atom. The summed E-state index contributed by atoms with van der Waals surface area (Å²) in [5.74, 6) is 0.607. The molecule has 4 aromatic rings. The zero-order chi connectivity index (χ0) is 29.6. The molecule has 0 radical (unpaired) electrons. The number of fused-ring (bicyclic) bond motifs is 2. The van der Waals surface area contributed by atoms with Crippen LogP contribution in [0, 0.1) is 5.92 Å². The standard InChI is InChI=1S/C25H31N5O.C9H8O2/c1-17(2)11-12-28-23-10-7-18(14-26)13-21(23)27-24(28)16-30-22-6-4-3-5-19(22)15-29(25(30)31)20-8-9-20;10-9(11)7-6-8-4-2-1-3-5-8/h3-7,10,13,17,20H,8-9,11-12,14-16,26H2,1-2H3;1-7H,(H,10,11)/b;7-6+. The summed E-state index contributed by atoms with van der Waals surface area (Å²) in [5, 5.41) is 8.29. The SMILES string of the molecule is CC(C)CCn1c(CN2C(=O)N(C3CC3)Cc3ccccc32)nc2cc(CN)ccc21.O=C(O)/C=C/c1ccccc1. The predicted molar refractivity (Wildman–Crippen MR) is 167 cm³/mol. The van der Waals surface area contributed by atoms with Crippen LogP contribution in [-0.4, -0.2) is 37.6 Å². The van der Waals surface area contributed by atoms with E-state index < -0.39 is 5.97 Å². The fourth-order valence-corrected chi connectivity index (χ4v) is 5.22. The molecule has 1 aliphatic heterocycles. The number of nitrogens with zero attached hydrogens (tertiary/aromatic N) is 4. The molecular formula is C34H39N5O3. The predicted octanol–water partition coefficient (Wildman–Crippen LogP) is 6.43. The van der Waals surface area contributed by atoms with Crippen molar-refractivity contribution in [1.82, 2.24) is 14.5 Å². The highest BCUT2D eigenvalue weighted by Gasteiger charge is 2.39. The lowest BCUT2D eigenvalue weighted by Gasteiger charge is -2.37. The average molecular weight is 566 g/mol. The molecule has 2 heterocycles. The van der Waals surface area contributed by atoms with E-state index >= 15 is 0 Å². The summed E-state index contributed by atoms with van der Waals surface area (Å²) in [4.78, 5) is 32.5. The van der Waals surface area contributed by atoms with Gasteiger partial charge < -0.3 is 20.3 Å². The number of hydrogen-bond donors (Lipinski definition) is 2. The number of nitrogens with two attached hydrogens (primary N) is 1. The van der Waals surface area contributed by atoms with Gasteiger partial charge in [0.2, 0.25) is 0 Å². The van der Waals surface area contributed by atoms with Crippen LogP contribution < -0.4 is 10.6 Å². The van der Waals surface area contributed by atoms with Gasteiger partial charge in [-0.2, -0.15) is 0 Å². The van der Waals surface area contributed by atoms with Crippen LogP contribution in [0.15, 0.2) is 78.9 Å². The second kappa shape index (κ2) is 13.0. The first-order valence-electron chi connectivity index (χ1n) is 14.6. The van der Waals surface area contributed by atoms with Crippen LogP contribution in [0.5, 0.6) is 0 Å². The molecule has 1 aromatic heterocycles. The van der Waals surface area contributed by atoms with Crippen LogP contribution in [0.2, 0.25) is 0 Å². The lowest BCUT2D eigenvalue weighted by molar-refractivity contribution is -0.131. The second-order valence-electron chi connectivity index (χ2n) is 11.3. The normalized spacial score (nSPS) is 14.8. The van der Waals surface area contributed by atoms with Gasteiger partial charge in [0.1, 0.15) is 5.82 Å². The Morgan fingerprint density at radius 2 is 1.81 bits per heavy atom. The molecule has 2 amide bonds. The molecule has 2 aliphatic rings. The molecule has 8 nitrogen and oxygen atoms in total. The molecule has 1 fully saturated rings. The largest absolute Gasteiger partial charge is 0.478 e. The zero-order valence-electron chi connectivity index (χ0n) is 24.3. The van der Waals surface area contributed by atoms with Crippen molar-refractivity contribution in [2.75, 3.05) is 4.90 Å². The van der Waals surface area contributed by atoms with Crippen molar-refractivity contribution in [3.05, 3.63) is 101 Å². The third kappa shape index (κ3) is 6.89. The summed E-state index contributed by atoms with van der Waals surface area (Å²) < 4.78 is 2.29. The first-order valence-corrected chi connectivity index (χ1v) is 14.6. The summed E-state index contributed by atoms with van der Waals surface area (Å²) in [7, 11) is 0. The van der Waals surface area contributed by atoms with Crippen molar-refractivity contribution in [1.29, 1.82) is 0 Å². The first-order chi connectivity index (χ1) is 20.3. The maximum Gasteiger partial charge on any atom is 0.328 e. The van der Waals surface area contributed by atoms with E-state index in [9.17, 15) is 9.59 Å². The summed E-state index contributed by atoms with van der Waals surface area (Å²) in [5.41, 5.74) is 12.1. The van der Waals surface area contributed by atoms with Crippen molar-refractivity contribution in [3.63, 3.8) is 0 Å². The minimum Gasteiger partial charge on any atom is -0.478 e. The van der Waals surface area contributed by atoms with Gasteiger partial charge in [-0.05, 0) is 66.1 Å². The van der Waals surface area contributed by atoms with E-state index in [0.717, 1.165) is 65.6 Å². The summed E-state index contributed by atoms with van der Waals surface area (Å²) in [6.07, 6.45) is 5.96. The fourth-order valence-electron chi connectivity index (χ4n) is 5.22. The number of urea groups is 1. The quantitative estimate of drug-likeness (QED) is 0.228. The molecule has 0 unspecified atom stereocenters. The number of carboxylic acid groups (broad SMARTS) is 1. The molecular weight excluding hydrogens is 526 g/mol. The number of carboxylic acids is 1. The highest BCUT2D eigenvalue weighted by atomic mass is 16.4. The van der Waals surface area contributed by atoms with Crippen molar-refractivity contribution in [3.8, 4) is 0 Å². The molecule has 0 spiro atoms. The summed E-state index contributed by atoms with van der Waals surface area (Å²) >= 11 is 0. The van der Waals surface area contributed by atoms with Crippen molar-refractivity contribution in [2.45, 2.75) is 65.3 Å². The molecule has 0 atom stereocenters. The number of aliphatic carboxylic acids is 1. The van der Waals surface area contributed by atoms with E-state index in [1.54, 1.807) is 6.08 Å². The van der Waals surface area contributed by atoms with Crippen LogP contribution in [0.1, 0.15) is 55.6 Å². The third-order valence-corrected chi connectivity index (χ3v) is 7.66. The topological polar surface area (TPSA) is 105 Å². The van der Waals surface area contributed by atoms with Crippen LogP contribution in [0.4, 0.5) is 10.5 Å². The Bertz CT molecular complexity index is 1570. The molecule has 8 heteroatoms. The molecule has 0 bridgehead atoms. The van der Waals surface area contributed by atoms with Gasteiger partial charge in [-0.25, -0.2) is 14.6 Å². The van der Waals surface area contributed by atoms with E-state index in [2.05, 4.69) is 54.8 Å². The van der Waals surface area contributed by atoms with Gasteiger partial charge in [-0.1, -0.05) is 68.4 Å². The minimum atomic E-state index is -0.922. The van der Waals surface area contributed by atoms with Crippen LogP contribution in [-0.2, 0) is 31.0 Å². The number of carbonyl (C=O) groups is 2. The van der Waals surface area contributed by atoms with Gasteiger partial charge in [-0.3, -0.25) is 4.90 Å². The van der Waals surface area contributed by atoms with E-state index in [1.165, 1.54) is 5.56 Å². The van der Waals surface area contributed by atoms with Gasteiger partial charge >= 0.3 is 12.0 Å². The summed E-state index contributed by atoms with van der Waals surface area (Å²) in [6, 6.07) is 24.3. The number of carbonyl (C=O) groups excluding carboxylic acids is 1. The molecule has 1 aliphatic carbocycles. The fraction of sp³-hybridized carbons (Fsp3) is 0.324. The van der Waals surface area contributed by atoms with Crippen molar-refractivity contribution >= 4 is 34.8 Å². The van der Waals surface area contributed by atoms with Crippen LogP contribution in [0.3, 0.4) is 0 Å². The first kappa shape index (κ1) is 29.1. The molecule has 218 valence electrons. The van der Waals surface area contributed by atoms with E-state index in [1.807, 2.05) is 46.2 Å². The number of aromatic nitrogens is 2. The number of hydrogen-bond acceptors (Lipinski definition) is 4. The minimum absolute atomic E-state index is 0.103. The molecule has 3 N–H and O–H groups in total. The number of rotatable bonds is 9. The number of imidazole rings is 1. The average Bonchev–Trinajstić information content (AvgIpc) is 3.78. The Labute approximate surface area is 247 Å². The third-order valence-electron chi connectivity index (χ3n) is 7.66. The highest BCUT2D eigenvalue weighted by Crippen LogP contribution is 2.37. The lowest BCUT2D eigenvalue weighted by atomic mass is 10.1. The molecule has 1 saturated carbocycles.